The van der Waals surface area contributed by atoms with Crippen LogP contribution in [0.4, 0.5) is 5.69 Å². The number of para-hydroxylation sites is 2. The molecule has 19 heavy (non-hydrogen) atoms. The fourth-order valence-corrected chi connectivity index (χ4v) is 2.26. The summed E-state index contributed by atoms with van der Waals surface area (Å²) in [5, 5.41) is 0. The number of fused-ring (bicyclic) bond motifs is 1. The van der Waals surface area contributed by atoms with Gasteiger partial charge in [-0.2, -0.15) is 0 Å². The molecular formula is C15H21NO3. The molecule has 0 saturated heterocycles. The molecule has 0 unspecified atom stereocenters. The summed E-state index contributed by atoms with van der Waals surface area (Å²) in [5.41, 5.74) is 0.0690. The molecule has 1 heterocycles. The highest BCUT2D eigenvalue weighted by Gasteiger charge is 2.40. The Labute approximate surface area is 114 Å². The van der Waals surface area contributed by atoms with Crippen molar-refractivity contribution in [2.24, 2.45) is 0 Å². The van der Waals surface area contributed by atoms with Crippen molar-refractivity contribution in [3.05, 3.63) is 24.3 Å². The molecule has 0 saturated carbocycles. The number of benzene rings is 1. The highest BCUT2D eigenvalue weighted by atomic mass is 16.5. The molecule has 104 valence electrons. The minimum Gasteiger partial charge on any atom is -0.476 e. The van der Waals surface area contributed by atoms with Crippen LogP contribution >= 0.6 is 0 Å². The van der Waals surface area contributed by atoms with E-state index in [1.54, 1.807) is 7.11 Å². The molecule has 1 aromatic rings. The van der Waals surface area contributed by atoms with Crippen molar-refractivity contribution >= 4 is 11.6 Å². The van der Waals surface area contributed by atoms with Gasteiger partial charge in [-0.15, -0.1) is 0 Å². The van der Waals surface area contributed by atoms with Gasteiger partial charge in [0.1, 0.15) is 5.75 Å². The van der Waals surface area contributed by atoms with Crippen molar-refractivity contribution in [2.45, 2.75) is 32.3 Å². The standard InChI is InChI=1S/C15H21NO3/c1-15(2)14(17)16(10-6-7-11-18-3)12-8-4-5-9-13(12)19-15/h4-5,8-9H,6-7,10-11H2,1-3H3. The Bertz CT molecular complexity index is 456. The SMILES string of the molecule is COCCCCN1C(=O)C(C)(C)Oc2ccccc21. The van der Waals surface area contributed by atoms with Crippen molar-refractivity contribution in [1.82, 2.24) is 0 Å². The number of rotatable bonds is 5. The number of hydrogen-bond acceptors (Lipinski definition) is 3. The van der Waals surface area contributed by atoms with Gasteiger partial charge in [-0.05, 0) is 38.8 Å². The lowest BCUT2D eigenvalue weighted by atomic mass is 10.0. The zero-order valence-corrected chi connectivity index (χ0v) is 11.8. The first kappa shape index (κ1) is 13.9. The summed E-state index contributed by atoms with van der Waals surface area (Å²) in [6, 6.07) is 7.69. The molecule has 0 bridgehead atoms. The highest BCUT2D eigenvalue weighted by molar-refractivity contribution is 6.02. The molecule has 1 amide bonds. The number of unbranched alkanes of at least 4 members (excludes halogenated alkanes) is 1. The largest absolute Gasteiger partial charge is 0.476 e. The fourth-order valence-electron chi connectivity index (χ4n) is 2.26. The molecule has 2 rings (SSSR count). The number of carbonyl (C=O) groups excluding carboxylic acids is 1. The second kappa shape index (κ2) is 5.61. The Morgan fingerprint density at radius 2 is 2.00 bits per heavy atom. The number of amides is 1. The Kier molecular flexibility index (Phi) is 4.10. The van der Waals surface area contributed by atoms with Crippen LogP contribution in [0.1, 0.15) is 26.7 Å². The summed E-state index contributed by atoms with van der Waals surface area (Å²) < 4.78 is 10.8. The number of anilines is 1. The minimum absolute atomic E-state index is 0.0172. The molecule has 1 aromatic carbocycles. The topological polar surface area (TPSA) is 38.8 Å². The van der Waals surface area contributed by atoms with E-state index in [1.807, 2.05) is 43.0 Å². The molecule has 4 nitrogen and oxygen atoms in total. The third-order valence-corrected chi connectivity index (χ3v) is 3.26. The van der Waals surface area contributed by atoms with Crippen LogP contribution in [0.3, 0.4) is 0 Å². The third-order valence-electron chi connectivity index (χ3n) is 3.26. The van der Waals surface area contributed by atoms with Crippen molar-refractivity contribution in [3.8, 4) is 5.75 Å². The van der Waals surface area contributed by atoms with Crippen LogP contribution in [0.15, 0.2) is 24.3 Å². The summed E-state index contributed by atoms with van der Waals surface area (Å²) in [7, 11) is 1.69. The van der Waals surface area contributed by atoms with Gasteiger partial charge in [0.05, 0.1) is 5.69 Å². The molecule has 0 radical (unpaired) electrons. The molecule has 0 N–H and O–H groups in total. The van der Waals surface area contributed by atoms with Crippen molar-refractivity contribution < 1.29 is 14.3 Å². The Morgan fingerprint density at radius 1 is 1.26 bits per heavy atom. The van der Waals surface area contributed by atoms with Gasteiger partial charge in [0, 0.05) is 20.3 Å². The first-order chi connectivity index (χ1) is 9.06. The van der Waals surface area contributed by atoms with Crippen molar-refractivity contribution in [3.63, 3.8) is 0 Å². The van der Waals surface area contributed by atoms with Gasteiger partial charge in [-0.3, -0.25) is 4.79 Å². The number of methoxy groups -OCH3 is 1. The lowest BCUT2D eigenvalue weighted by Crippen LogP contribution is -2.52. The Morgan fingerprint density at radius 3 is 2.74 bits per heavy atom. The Hall–Kier alpha value is -1.55. The normalized spacial score (nSPS) is 17.0. The number of carbonyl (C=O) groups is 1. The Balaban J connectivity index is 2.17. The van der Waals surface area contributed by atoms with Crippen LogP contribution < -0.4 is 9.64 Å². The van der Waals surface area contributed by atoms with E-state index in [1.165, 1.54) is 0 Å². The third kappa shape index (κ3) is 2.89. The smallest absolute Gasteiger partial charge is 0.270 e. The maximum atomic E-state index is 12.4. The lowest BCUT2D eigenvalue weighted by molar-refractivity contribution is -0.132. The molecule has 4 heteroatoms. The monoisotopic (exact) mass is 263 g/mol. The molecule has 0 aliphatic carbocycles. The maximum Gasteiger partial charge on any atom is 0.270 e. The molecular weight excluding hydrogens is 242 g/mol. The maximum absolute atomic E-state index is 12.4. The summed E-state index contributed by atoms with van der Waals surface area (Å²) in [6.07, 6.45) is 1.87. The van der Waals surface area contributed by atoms with Crippen molar-refractivity contribution in [2.75, 3.05) is 25.2 Å². The van der Waals surface area contributed by atoms with Crippen molar-refractivity contribution in [1.29, 1.82) is 0 Å². The molecule has 0 aromatic heterocycles. The van der Waals surface area contributed by atoms with Crippen LogP contribution in [-0.2, 0) is 9.53 Å². The molecule has 0 fully saturated rings. The number of hydrogen-bond donors (Lipinski definition) is 0. The quantitative estimate of drug-likeness (QED) is 0.766. The zero-order chi connectivity index (χ0) is 13.9. The van der Waals surface area contributed by atoms with Crippen LogP contribution in [0.25, 0.3) is 0 Å². The second-order valence-corrected chi connectivity index (χ2v) is 5.24. The van der Waals surface area contributed by atoms with Gasteiger partial charge in [-0.1, -0.05) is 12.1 Å². The highest BCUT2D eigenvalue weighted by Crippen LogP contribution is 2.37. The molecule has 0 atom stereocenters. The van der Waals surface area contributed by atoms with Crippen LogP contribution in [0.5, 0.6) is 5.75 Å². The van der Waals surface area contributed by atoms with E-state index in [0.717, 1.165) is 30.9 Å². The summed E-state index contributed by atoms with van der Waals surface area (Å²) >= 11 is 0. The molecule has 1 aliphatic rings. The zero-order valence-electron chi connectivity index (χ0n) is 11.8. The first-order valence-electron chi connectivity index (χ1n) is 6.65. The average molecular weight is 263 g/mol. The molecule has 0 spiro atoms. The predicted molar refractivity (Wildman–Crippen MR) is 74.6 cm³/mol. The summed E-state index contributed by atoms with van der Waals surface area (Å²) in [5.74, 6) is 0.794. The van der Waals surface area contributed by atoms with Gasteiger partial charge in [0.2, 0.25) is 0 Å². The van der Waals surface area contributed by atoms with E-state index in [-0.39, 0.29) is 5.91 Å². The number of ether oxygens (including phenoxy) is 2. The van der Waals surface area contributed by atoms with Gasteiger partial charge in [0.25, 0.3) is 5.91 Å². The predicted octanol–water partition coefficient (Wildman–Crippen LogP) is 2.62. The van der Waals surface area contributed by atoms with E-state index < -0.39 is 5.60 Å². The summed E-state index contributed by atoms with van der Waals surface area (Å²) in [6.45, 7) is 5.05. The second-order valence-electron chi connectivity index (χ2n) is 5.24. The van der Waals surface area contributed by atoms with E-state index >= 15 is 0 Å². The van der Waals surface area contributed by atoms with Crippen LogP contribution in [0.2, 0.25) is 0 Å². The first-order valence-corrected chi connectivity index (χ1v) is 6.65. The summed E-state index contributed by atoms with van der Waals surface area (Å²) in [4.78, 5) is 14.3. The van der Waals surface area contributed by atoms with E-state index in [0.29, 0.717) is 6.54 Å². The van der Waals surface area contributed by atoms with Crippen LogP contribution in [0, 0.1) is 0 Å². The van der Waals surface area contributed by atoms with Gasteiger partial charge in [-0.25, -0.2) is 0 Å². The lowest BCUT2D eigenvalue weighted by Gasteiger charge is -2.38. The van der Waals surface area contributed by atoms with Gasteiger partial charge < -0.3 is 14.4 Å². The average Bonchev–Trinajstić information content (AvgIpc) is 2.38. The van der Waals surface area contributed by atoms with E-state index in [9.17, 15) is 4.79 Å². The number of nitrogens with zero attached hydrogens (tertiary/aromatic N) is 1. The fraction of sp³-hybridized carbons (Fsp3) is 0.533. The molecule has 1 aliphatic heterocycles. The minimum atomic E-state index is -0.796. The van der Waals surface area contributed by atoms with E-state index in [2.05, 4.69) is 0 Å². The van der Waals surface area contributed by atoms with Gasteiger partial charge >= 0.3 is 0 Å². The van der Waals surface area contributed by atoms with Gasteiger partial charge in [0.15, 0.2) is 5.60 Å². The van der Waals surface area contributed by atoms with E-state index in [4.69, 9.17) is 9.47 Å². The van der Waals surface area contributed by atoms with Crippen LogP contribution in [-0.4, -0.2) is 31.8 Å².